The minimum Gasteiger partial charge on any atom is -0.337 e. The monoisotopic (exact) mass is 369 g/mol. The molecule has 138 valence electrons. The summed E-state index contributed by atoms with van der Waals surface area (Å²) in [4.78, 5) is 17.9. The summed E-state index contributed by atoms with van der Waals surface area (Å²) >= 11 is 1.69. The Hall–Kier alpha value is -1.69. The molecule has 4 rings (SSSR count). The average molecular weight is 370 g/mol. The van der Waals surface area contributed by atoms with Gasteiger partial charge in [0.15, 0.2) is 0 Å². The summed E-state index contributed by atoms with van der Waals surface area (Å²) in [5, 5.41) is 7.68. The van der Waals surface area contributed by atoms with E-state index in [9.17, 15) is 4.79 Å². The summed E-state index contributed by atoms with van der Waals surface area (Å²) in [7, 11) is 2.23. The largest absolute Gasteiger partial charge is 0.337 e. The number of hydrogen-bond donors (Lipinski definition) is 1. The molecule has 1 aromatic carbocycles. The molecule has 2 aliphatic heterocycles. The molecule has 3 heterocycles. The molecular formula is C21H27N3OS. The highest BCUT2D eigenvalue weighted by atomic mass is 32.1. The van der Waals surface area contributed by atoms with Crippen LogP contribution >= 0.6 is 11.3 Å². The van der Waals surface area contributed by atoms with E-state index in [2.05, 4.69) is 45.1 Å². The number of carbonyl (C=O) groups excluding carboxylic acids is 1. The molecule has 0 unspecified atom stereocenters. The van der Waals surface area contributed by atoms with Crippen molar-refractivity contribution in [2.75, 3.05) is 39.8 Å². The van der Waals surface area contributed by atoms with E-state index >= 15 is 0 Å². The van der Waals surface area contributed by atoms with E-state index in [1.807, 2.05) is 18.2 Å². The Labute approximate surface area is 159 Å². The lowest BCUT2D eigenvalue weighted by molar-refractivity contribution is 0.0507. The van der Waals surface area contributed by atoms with Gasteiger partial charge in [-0.05, 0) is 79.5 Å². The molecule has 1 spiro atoms. The maximum atomic E-state index is 13.3. The molecule has 0 bridgehead atoms. The lowest BCUT2D eigenvalue weighted by atomic mass is 9.86. The van der Waals surface area contributed by atoms with Gasteiger partial charge in [0, 0.05) is 30.7 Å². The second-order valence-corrected chi connectivity index (χ2v) is 8.35. The first-order chi connectivity index (χ1) is 12.7. The van der Waals surface area contributed by atoms with Crippen LogP contribution in [0.1, 0.15) is 29.6 Å². The number of carbonyl (C=O) groups is 1. The number of thiophene rings is 1. The third kappa shape index (κ3) is 3.43. The van der Waals surface area contributed by atoms with Gasteiger partial charge in [0.1, 0.15) is 0 Å². The summed E-state index contributed by atoms with van der Waals surface area (Å²) in [6.45, 7) is 4.84. The van der Waals surface area contributed by atoms with Crippen molar-refractivity contribution in [2.45, 2.75) is 24.8 Å². The Morgan fingerprint density at radius 1 is 1.15 bits per heavy atom. The third-order valence-corrected chi connectivity index (χ3v) is 6.69. The van der Waals surface area contributed by atoms with Crippen LogP contribution < -0.4 is 5.32 Å². The topological polar surface area (TPSA) is 35.6 Å². The van der Waals surface area contributed by atoms with Crippen LogP contribution in [0.5, 0.6) is 0 Å². The van der Waals surface area contributed by atoms with E-state index in [1.165, 1.54) is 5.56 Å². The molecule has 5 heteroatoms. The minimum absolute atomic E-state index is 0.127. The summed E-state index contributed by atoms with van der Waals surface area (Å²) < 4.78 is 0. The lowest BCUT2D eigenvalue weighted by Gasteiger charge is -2.45. The van der Waals surface area contributed by atoms with Crippen LogP contribution in [0.15, 0.2) is 41.1 Å². The molecule has 2 saturated heterocycles. The number of hydrogen-bond acceptors (Lipinski definition) is 4. The fraction of sp³-hybridized carbons (Fsp3) is 0.476. The molecule has 2 aromatic rings. The fourth-order valence-electron chi connectivity index (χ4n) is 4.34. The summed E-state index contributed by atoms with van der Waals surface area (Å²) in [6.07, 6.45) is 3.27. The van der Waals surface area contributed by atoms with E-state index in [-0.39, 0.29) is 11.4 Å². The Morgan fingerprint density at radius 2 is 2.00 bits per heavy atom. The van der Waals surface area contributed by atoms with Gasteiger partial charge in [-0.15, -0.1) is 0 Å². The van der Waals surface area contributed by atoms with Crippen LogP contribution in [0.4, 0.5) is 0 Å². The zero-order valence-electron chi connectivity index (χ0n) is 15.4. The summed E-state index contributed by atoms with van der Waals surface area (Å²) in [6, 6.07) is 10.2. The Balaban J connectivity index is 1.58. The third-order valence-electron chi connectivity index (χ3n) is 6.00. The molecule has 4 nitrogen and oxygen atoms in total. The quantitative estimate of drug-likeness (QED) is 0.882. The lowest BCUT2D eigenvalue weighted by Crippen LogP contribution is -2.58. The first-order valence-electron chi connectivity index (χ1n) is 9.52. The molecule has 2 fully saturated rings. The van der Waals surface area contributed by atoms with Crippen LogP contribution in [0.2, 0.25) is 0 Å². The molecule has 1 amide bonds. The second kappa shape index (κ2) is 7.51. The maximum absolute atomic E-state index is 13.3. The minimum atomic E-state index is 0.127. The van der Waals surface area contributed by atoms with Gasteiger partial charge in [0.2, 0.25) is 0 Å². The second-order valence-electron chi connectivity index (χ2n) is 7.57. The fourth-order valence-corrected chi connectivity index (χ4v) is 5.00. The number of piperidine rings is 1. The van der Waals surface area contributed by atoms with Crippen LogP contribution in [0.3, 0.4) is 0 Å². The van der Waals surface area contributed by atoms with Crippen LogP contribution in [0, 0.1) is 0 Å². The molecule has 0 aliphatic carbocycles. The van der Waals surface area contributed by atoms with Crippen molar-refractivity contribution >= 4 is 17.2 Å². The predicted molar refractivity (Wildman–Crippen MR) is 108 cm³/mol. The van der Waals surface area contributed by atoms with Gasteiger partial charge in [-0.25, -0.2) is 0 Å². The zero-order chi connectivity index (χ0) is 18.0. The van der Waals surface area contributed by atoms with Crippen molar-refractivity contribution in [3.8, 4) is 11.1 Å². The normalized spacial score (nSPS) is 20.9. The molecule has 1 aromatic heterocycles. The van der Waals surface area contributed by atoms with Crippen LogP contribution in [-0.4, -0.2) is 61.0 Å². The molecule has 0 atom stereocenters. The first kappa shape index (κ1) is 17.7. The zero-order valence-corrected chi connectivity index (χ0v) is 16.2. The molecule has 2 aliphatic rings. The highest BCUT2D eigenvalue weighted by Gasteiger charge is 2.40. The highest BCUT2D eigenvalue weighted by Crippen LogP contribution is 2.30. The Kier molecular flexibility index (Phi) is 5.11. The number of nitrogens with zero attached hydrogens (tertiary/aromatic N) is 2. The number of amides is 1. The van der Waals surface area contributed by atoms with E-state index in [4.69, 9.17) is 0 Å². The van der Waals surface area contributed by atoms with Crippen LogP contribution in [0.25, 0.3) is 11.1 Å². The average Bonchev–Trinajstić information content (AvgIpc) is 3.17. The van der Waals surface area contributed by atoms with Crippen molar-refractivity contribution in [3.05, 3.63) is 46.7 Å². The van der Waals surface area contributed by atoms with Gasteiger partial charge in [-0.3, -0.25) is 9.69 Å². The number of nitrogens with one attached hydrogen (secondary N) is 1. The van der Waals surface area contributed by atoms with Gasteiger partial charge in [-0.1, -0.05) is 12.1 Å². The van der Waals surface area contributed by atoms with Gasteiger partial charge < -0.3 is 10.2 Å². The maximum Gasteiger partial charge on any atom is 0.253 e. The molecular weight excluding hydrogens is 342 g/mol. The summed E-state index contributed by atoms with van der Waals surface area (Å²) in [5.41, 5.74) is 3.25. The Morgan fingerprint density at radius 3 is 2.77 bits per heavy atom. The van der Waals surface area contributed by atoms with Crippen LogP contribution in [-0.2, 0) is 0 Å². The standard InChI is InChI=1S/C21H27N3OS/c1-23-11-3-12-24(16-21(23)7-9-22-10-8-21)20(25)18-5-2-4-17(14-18)19-6-13-26-15-19/h2,4-6,13-15,22H,3,7-12,16H2,1H3. The Bertz CT molecular complexity index is 752. The van der Waals surface area contributed by atoms with Crippen molar-refractivity contribution in [1.29, 1.82) is 0 Å². The van der Waals surface area contributed by atoms with Crippen molar-refractivity contribution < 1.29 is 4.79 Å². The molecule has 26 heavy (non-hydrogen) atoms. The first-order valence-corrected chi connectivity index (χ1v) is 10.5. The molecule has 0 radical (unpaired) electrons. The van der Waals surface area contributed by atoms with E-state index in [0.717, 1.165) is 63.1 Å². The highest BCUT2D eigenvalue weighted by molar-refractivity contribution is 7.08. The van der Waals surface area contributed by atoms with E-state index in [0.29, 0.717) is 0 Å². The van der Waals surface area contributed by atoms with E-state index in [1.54, 1.807) is 11.3 Å². The SMILES string of the molecule is CN1CCCN(C(=O)c2cccc(-c3ccsc3)c2)CC12CCNCC2. The predicted octanol–water partition coefficient (Wildman–Crippen LogP) is 3.32. The number of rotatable bonds is 2. The van der Waals surface area contributed by atoms with Crippen molar-refractivity contribution in [2.24, 2.45) is 0 Å². The molecule has 0 saturated carbocycles. The summed E-state index contributed by atoms with van der Waals surface area (Å²) in [5.74, 6) is 0.176. The van der Waals surface area contributed by atoms with Gasteiger partial charge in [0.25, 0.3) is 5.91 Å². The van der Waals surface area contributed by atoms with Gasteiger partial charge in [0.05, 0.1) is 0 Å². The van der Waals surface area contributed by atoms with E-state index < -0.39 is 0 Å². The van der Waals surface area contributed by atoms with Gasteiger partial charge >= 0.3 is 0 Å². The molecule has 1 N–H and O–H groups in total. The number of benzene rings is 1. The smallest absolute Gasteiger partial charge is 0.253 e. The number of likely N-dealkylation sites (N-methyl/N-ethyl adjacent to an activating group) is 1. The van der Waals surface area contributed by atoms with Crippen molar-refractivity contribution in [3.63, 3.8) is 0 Å². The van der Waals surface area contributed by atoms with Gasteiger partial charge in [-0.2, -0.15) is 11.3 Å². The van der Waals surface area contributed by atoms with Crippen molar-refractivity contribution in [1.82, 2.24) is 15.1 Å².